The summed E-state index contributed by atoms with van der Waals surface area (Å²) in [4.78, 5) is 24.4. The third kappa shape index (κ3) is 2.54. The topological polar surface area (TPSA) is 67.2 Å². The Kier molecular flexibility index (Phi) is 3.14. The van der Waals surface area contributed by atoms with Gasteiger partial charge in [-0.2, -0.15) is 5.10 Å². The van der Waals surface area contributed by atoms with Crippen molar-refractivity contribution in [2.24, 2.45) is 7.05 Å². The molecule has 86 valence electrons. The fourth-order valence-electron chi connectivity index (χ4n) is 1.38. The predicted molar refractivity (Wildman–Crippen MR) is 60.9 cm³/mol. The maximum atomic E-state index is 11.6. The van der Waals surface area contributed by atoms with E-state index in [2.05, 4.69) is 10.4 Å². The van der Waals surface area contributed by atoms with Crippen LogP contribution in [0.4, 0.5) is 5.82 Å². The number of rotatable bonds is 3. The van der Waals surface area contributed by atoms with Gasteiger partial charge in [-0.3, -0.25) is 14.3 Å². The van der Waals surface area contributed by atoms with E-state index in [4.69, 9.17) is 0 Å². The third-order valence-electron chi connectivity index (χ3n) is 2.14. The Morgan fingerprint density at radius 2 is 2.50 bits per heavy atom. The minimum Gasteiger partial charge on any atom is -0.323 e. The monoisotopic (exact) mass is 240 g/mol. The van der Waals surface area contributed by atoms with Gasteiger partial charge in [-0.1, -0.05) is 0 Å². The molecular weight excluding hydrogens is 228 g/mol. The Morgan fingerprint density at radius 3 is 3.06 bits per heavy atom. The smallest absolute Gasteiger partial charge is 0.245 e. The van der Waals surface area contributed by atoms with Crippen molar-refractivity contribution in [2.45, 2.75) is 0 Å². The molecule has 1 aliphatic rings. The molecule has 0 atom stereocenters. The molecule has 0 spiro atoms. The molecule has 2 rings (SSSR count). The van der Waals surface area contributed by atoms with Gasteiger partial charge >= 0.3 is 0 Å². The lowest BCUT2D eigenvalue weighted by atomic mass is 10.5. The van der Waals surface area contributed by atoms with Crippen molar-refractivity contribution in [1.29, 1.82) is 0 Å². The number of anilines is 1. The Bertz CT molecular complexity index is 417. The number of carbonyl (C=O) groups is 2. The van der Waals surface area contributed by atoms with Crippen LogP contribution in [0.5, 0.6) is 0 Å². The number of hydrogen-bond acceptors (Lipinski definition) is 4. The zero-order valence-corrected chi connectivity index (χ0v) is 9.66. The largest absolute Gasteiger partial charge is 0.323 e. The van der Waals surface area contributed by atoms with Crippen LogP contribution in [0.25, 0.3) is 0 Å². The molecule has 0 radical (unpaired) electrons. The SMILES string of the molecule is Cn1ccc(NC(=O)CN2CSCC2=O)n1. The van der Waals surface area contributed by atoms with Gasteiger partial charge in [0.15, 0.2) is 5.82 Å². The second-order valence-corrected chi connectivity index (χ2v) is 4.45. The molecule has 2 heterocycles. The Labute approximate surface area is 97.0 Å². The lowest BCUT2D eigenvalue weighted by Crippen LogP contribution is -2.34. The van der Waals surface area contributed by atoms with Crippen LogP contribution in [0, 0.1) is 0 Å². The molecule has 2 amide bonds. The maximum absolute atomic E-state index is 11.6. The van der Waals surface area contributed by atoms with Crippen LogP contribution >= 0.6 is 11.8 Å². The Balaban J connectivity index is 1.86. The highest BCUT2D eigenvalue weighted by atomic mass is 32.2. The summed E-state index contributed by atoms with van der Waals surface area (Å²) >= 11 is 1.52. The lowest BCUT2D eigenvalue weighted by Gasteiger charge is -2.13. The summed E-state index contributed by atoms with van der Waals surface area (Å²) in [6.07, 6.45) is 1.74. The molecule has 16 heavy (non-hydrogen) atoms. The van der Waals surface area contributed by atoms with Gasteiger partial charge in [0.1, 0.15) is 6.54 Å². The highest BCUT2D eigenvalue weighted by molar-refractivity contribution is 8.00. The Hall–Kier alpha value is -1.50. The van der Waals surface area contributed by atoms with Gasteiger partial charge in [0.2, 0.25) is 11.8 Å². The van der Waals surface area contributed by atoms with Crippen LogP contribution in [0.3, 0.4) is 0 Å². The van der Waals surface area contributed by atoms with E-state index in [1.165, 1.54) is 16.7 Å². The van der Waals surface area contributed by atoms with E-state index >= 15 is 0 Å². The number of nitrogens with zero attached hydrogens (tertiary/aromatic N) is 3. The first-order valence-electron chi connectivity index (χ1n) is 4.80. The summed E-state index contributed by atoms with van der Waals surface area (Å²) in [5.74, 6) is 1.37. The van der Waals surface area contributed by atoms with E-state index in [-0.39, 0.29) is 18.4 Å². The second kappa shape index (κ2) is 4.56. The molecule has 6 nitrogen and oxygen atoms in total. The minimum atomic E-state index is -0.213. The number of aromatic nitrogens is 2. The fraction of sp³-hybridized carbons (Fsp3) is 0.444. The van der Waals surface area contributed by atoms with Crippen molar-refractivity contribution in [3.05, 3.63) is 12.3 Å². The van der Waals surface area contributed by atoms with Crippen molar-refractivity contribution < 1.29 is 9.59 Å². The van der Waals surface area contributed by atoms with Gasteiger partial charge in [-0.05, 0) is 0 Å². The molecule has 1 saturated heterocycles. The van der Waals surface area contributed by atoms with E-state index < -0.39 is 0 Å². The molecule has 1 aliphatic heterocycles. The molecular formula is C9H12N4O2S. The third-order valence-corrected chi connectivity index (χ3v) is 3.09. The van der Waals surface area contributed by atoms with Gasteiger partial charge in [0.25, 0.3) is 0 Å². The zero-order valence-electron chi connectivity index (χ0n) is 8.84. The van der Waals surface area contributed by atoms with E-state index in [1.807, 2.05) is 0 Å². The summed E-state index contributed by atoms with van der Waals surface area (Å²) in [7, 11) is 1.77. The highest BCUT2D eigenvalue weighted by Gasteiger charge is 2.22. The average molecular weight is 240 g/mol. The molecule has 0 aliphatic carbocycles. The number of aryl methyl sites for hydroxylation is 1. The van der Waals surface area contributed by atoms with Crippen molar-refractivity contribution >= 4 is 29.4 Å². The molecule has 1 fully saturated rings. The van der Waals surface area contributed by atoms with Crippen LogP contribution in [-0.2, 0) is 16.6 Å². The molecule has 0 unspecified atom stereocenters. The summed E-state index contributed by atoms with van der Waals surface area (Å²) < 4.78 is 1.60. The second-order valence-electron chi connectivity index (χ2n) is 3.49. The molecule has 7 heteroatoms. The van der Waals surface area contributed by atoms with E-state index in [9.17, 15) is 9.59 Å². The minimum absolute atomic E-state index is 0.0150. The van der Waals surface area contributed by atoms with Crippen molar-refractivity contribution in [1.82, 2.24) is 14.7 Å². The summed E-state index contributed by atoms with van der Waals surface area (Å²) in [5.41, 5.74) is 0. The van der Waals surface area contributed by atoms with Gasteiger partial charge in [0, 0.05) is 19.3 Å². The first-order chi connectivity index (χ1) is 7.65. The van der Waals surface area contributed by atoms with Gasteiger partial charge in [-0.25, -0.2) is 0 Å². The van der Waals surface area contributed by atoms with Crippen molar-refractivity contribution in [3.8, 4) is 0 Å². The van der Waals surface area contributed by atoms with Crippen molar-refractivity contribution in [2.75, 3.05) is 23.5 Å². The molecule has 1 aromatic heterocycles. The van der Waals surface area contributed by atoms with E-state index in [0.29, 0.717) is 17.4 Å². The van der Waals surface area contributed by atoms with Gasteiger partial charge in [-0.15, -0.1) is 11.8 Å². The van der Waals surface area contributed by atoms with Crippen LogP contribution in [0.2, 0.25) is 0 Å². The Morgan fingerprint density at radius 1 is 1.69 bits per heavy atom. The van der Waals surface area contributed by atoms with Crippen LogP contribution in [-0.4, -0.2) is 44.7 Å². The zero-order chi connectivity index (χ0) is 11.5. The molecule has 1 N–H and O–H groups in total. The van der Waals surface area contributed by atoms with Crippen LogP contribution < -0.4 is 5.32 Å². The molecule has 1 aromatic rings. The highest BCUT2D eigenvalue weighted by Crippen LogP contribution is 2.14. The van der Waals surface area contributed by atoms with E-state index in [1.54, 1.807) is 24.0 Å². The first kappa shape index (κ1) is 11.0. The van der Waals surface area contributed by atoms with Crippen molar-refractivity contribution in [3.63, 3.8) is 0 Å². The van der Waals surface area contributed by atoms with Gasteiger partial charge in [0.05, 0.1) is 11.6 Å². The molecule has 0 bridgehead atoms. The number of hydrogen-bond donors (Lipinski definition) is 1. The summed E-state index contributed by atoms with van der Waals surface area (Å²) in [6, 6.07) is 1.71. The summed E-state index contributed by atoms with van der Waals surface area (Å²) in [6.45, 7) is 0.0996. The molecule has 0 aromatic carbocycles. The standard InChI is InChI=1S/C9H12N4O2S/c1-12-3-2-7(11-12)10-8(14)4-13-6-16-5-9(13)15/h2-3H,4-6H2,1H3,(H,10,11,14). The quantitative estimate of drug-likeness (QED) is 0.800. The number of carbonyl (C=O) groups excluding carboxylic acids is 2. The number of amides is 2. The predicted octanol–water partition coefficient (Wildman–Crippen LogP) is -0.109. The molecule has 0 saturated carbocycles. The lowest BCUT2D eigenvalue weighted by molar-refractivity contribution is -0.130. The fourth-order valence-corrected chi connectivity index (χ4v) is 2.28. The van der Waals surface area contributed by atoms with Crippen LogP contribution in [0.1, 0.15) is 0 Å². The normalized spacial score (nSPS) is 15.6. The number of thioether (sulfide) groups is 1. The summed E-state index contributed by atoms with van der Waals surface area (Å²) in [5, 5.41) is 6.66. The maximum Gasteiger partial charge on any atom is 0.245 e. The van der Waals surface area contributed by atoms with Crippen LogP contribution in [0.15, 0.2) is 12.3 Å². The first-order valence-corrected chi connectivity index (χ1v) is 5.95. The van der Waals surface area contributed by atoms with E-state index in [0.717, 1.165) is 0 Å². The average Bonchev–Trinajstić information content (AvgIpc) is 2.77. The number of nitrogens with one attached hydrogen (secondary N) is 1. The van der Waals surface area contributed by atoms with Gasteiger partial charge < -0.3 is 10.2 Å².